The number of nitrogens with two attached hydrogens (primary N) is 1. The summed E-state index contributed by atoms with van der Waals surface area (Å²) in [5.41, 5.74) is 8.57. The first kappa shape index (κ1) is 15.8. The second-order valence-electron chi connectivity index (χ2n) is 5.22. The summed E-state index contributed by atoms with van der Waals surface area (Å²) in [6.07, 6.45) is 2.87. The van der Waals surface area contributed by atoms with E-state index in [0.717, 1.165) is 33.6 Å². The van der Waals surface area contributed by atoms with Crippen LogP contribution in [0.4, 0.5) is 0 Å². The lowest BCUT2D eigenvalue weighted by Gasteiger charge is -2.06. The van der Waals surface area contributed by atoms with Crippen LogP contribution in [-0.4, -0.2) is 25.0 Å². The molecule has 4 nitrogen and oxygen atoms in total. The fraction of sp³-hybridized carbons (Fsp3) is 0.222. The van der Waals surface area contributed by atoms with Crippen molar-refractivity contribution >= 4 is 22.7 Å². The summed E-state index contributed by atoms with van der Waals surface area (Å²) in [6, 6.07) is 11.4. The first-order chi connectivity index (χ1) is 11.2. The van der Waals surface area contributed by atoms with E-state index in [0.29, 0.717) is 12.3 Å². The maximum atomic E-state index is 9.77. The van der Waals surface area contributed by atoms with Gasteiger partial charge < -0.3 is 20.0 Å². The van der Waals surface area contributed by atoms with Crippen molar-refractivity contribution in [3.63, 3.8) is 0 Å². The van der Waals surface area contributed by atoms with Gasteiger partial charge in [0.15, 0.2) is 11.5 Å². The van der Waals surface area contributed by atoms with Crippen molar-refractivity contribution in [3.8, 4) is 22.8 Å². The van der Waals surface area contributed by atoms with Crippen molar-refractivity contribution in [1.82, 2.24) is 0 Å². The Balaban J connectivity index is 2.17. The van der Waals surface area contributed by atoms with Crippen LogP contribution >= 0.6 is 11.8 Å². The van der Waals surface area contributed by atoms with Gasteiger partial charge >= 0.3 is 0 Å². The topological polar surface area (TPSA) is 68.6 Å². The SMILES string of the molecule is COc1cc(-c2oc3ccc(CCN)cc3c2SC)ccc1O. The second kappa shape index (κ2) is 6.56. The molecule has 0 bridgehead atoms. The summed E-state index contributed by atoms with van der Waals surface area (Å²) in [4.78, 5) is 1.08. The van der Waals surface area contributed by atoms with E-state index >= 15 is 0 Å². The van der Waals surface area contributed by atoms with Gasteiger partial charge in [0.1, 0.15) is 11.3 Å². The molecule has 23 heavy (non-hydrogen) atoms. The molecule has 1 aromatic heterocycles. The van der Waals surface area contributed by atoms with Crippen LogP contribution in [0, 0.1) is 0 Å². The molecule has 5 heteroatoms. The highest BCUT2D eigenvalue weighted by Crippen LogP contribution is 2.41. The van der Waals surface area contributed by atoms with Crippen LogP contribution < -0.4 is 10.5 Å². The fourth-order valence-electron chi connectivity index (χ4n) is 2.66. The zero-order valence-electron chi connectivity index (χ0n) is 13.1. The molecule has 0 aliphatic rings. The minimum absolute atomic E-state index is 0.114. The molecular formula is C18H19NO3S. The molecular weight excluding hydrogens is 310 g/mol. The molecule has 0 radical (unpaired) electrons. The van der Waals surface area contributed by atoms with Crippen molar-refractivity contribution in [2.45, 2.75) is 11.3 Å². The number of furan rings is 1. The van der Waals surface area contributed by atoms with Gasteiger partial charge in [-0.2, -0.15) is 0 Å². The molecule has 3 rings (SSSR count). The van der Waals surface area contributed by atoms with Crippen LogP contribution in [-0.2, 0) is 6.42 Å². The van der Waals surface area contributed by atoms with Gasteiger partial charge in [-0.25, -0.2) is 0 Å². The number of phenolic OH excluding ortho intramolecular Hbond substituents is 1. The monoisotopic (exact) mass is 329 g/mol. The molecule has 0 fully saturated rings. The van der Waals surface area contributed by atoms with E-state index in [1.807, 2.05) is 24.5 Å². The molecule has 0 saturated carbocycles. The lowest BCUT2D eigenvalue weighted by atomic mass is 10.1. The van der Waals surface area contributed by atoms with Crippen LogP contribution in [0.5, 0.6) is 11.5 Å². The number of hydrogen-bond donors (Lipinski definition) is 2. The zero-order valence-corrected chi connectivity index (χ0v) is 13.9. The minimum atomic E-state index is 0.114. The third-order valence-corrected chi connectivity index (χ3v) is 4.60. The average Bonchev–Trinajstić information content (AvgIpc) is 2.93. The maximum absolute atomic E-state index is 9.77. The van der Waals surface area contributed by atoms with Crippen molar-refractivity contribution in [1.29, 1.82) is 0 Å². The molecule has 0 aliphatic heterocycles. The van der Waals surface area contributed by atoms with Gasteiger partial charge in [-0.05, 0) is 55.1 Å². The molecule has 120 valence electrons. The molecule has 0 atom stereocenters. The fourth-order valence-corrected chi connectivity index (χ4v) is 3.38. The van der Waals surface area contributed by atoms with Gasteiger partial charge in [-0.1, -0.05) is 6.07 Å². The standard InChI is InChI=1S/C18H19NO3S/c1-21-16-10-12(4-5-14(16)20)17-18(23-2)13-9-11(7-8-19)3-6-15(13)22-17/h3-6,9-10,20H,7-8,19H2,1-2H3. The van der Waals surface area contributed by atoms with E-state index in [4.69, 9.17) is 14.9 Å². The van der Waals surface area contributed by atoms with Crippen LogP contribution in [0.1, 0.15) is 5.56 Å². The zero-order chi connectivity index (χ0) is 16.4. The summed E-state index contributed by atoms with van der Waals surface area (Å²) in [7, 11) is 1.53. The largest absolute Gasteiger partial charge is 0.504 e. The van der Waals surface area contributed by atoms with Crippen molar-refractivity contribution in [2.75, 3.05) is 19.9 Å². The van der Waals surface area contributed by atoms with Crippen molar-refractivity contribution in [2.24, 2.45) is 5.73 Å². The Morgan fingerprint density at radius 3 is 2.74 bits per heavy atom. The van der Waals surface area contributed by atoms with Gasteiger partial charge in [0.2, 0.25) is 0 Å². The van der Waals surface area contributed by atoms with E-state index < -0.39 is 0 Å². The number of thioether (sulfide) groups is 1. The predicted molar refractivity (Wildman–Crippen MR) is 94.4 cm³/mol. The summed E-state index contributed by atoms with van der Waals surface area (Å²) >= 11 is 1.64. The molecule has 3 N–H and O–H groups in total. The van der Waals surface area contributed by atoms with Crippen molar-refractivity contribution in [3.05, 3.63) is 42.0 Å². The third-order valence-electron chi connectivity index (χ3n) is 3.79. The molecule has 0 saturated heterocycles. The summed E-state index contributed by atoms with van der Waals surface area (Å²) in [5.74, 6) is 1.33. The number of benzene rings is 2. The Hall–Kier alpha value is -2.11. The number of methoxy groups -OCH3 is 1. The molecule has 3 aromatic rings. The number of rotatable bonds is 5. The van der Waals surface area contributed by atoms with E-state index in [1.54, 1.807) is 23.9 Å². The van der Waals surface area contributed by atoms with E-state index in [-0.39, 0.29) is 5.75 Å². The quantitative estimate of drug-likeness (QED) is 0.692. The number of phenols is 1. The normalized spacial score (nSPS) is 11.1. The Kier molecular flexibility index (Phi) is 4.50. The van der Waals surface area contributed by atoms with Gasteiger partial charge in [-0.15, -0.1) is 11.8 Å². The molecule has 2 aromatic carbocycles. The van der Waals surface area contributed by atoms with Crippen LogP contribution in [0.2, 0.25) is 0 Å². The summed E-state index contributed by atoms with van der Waals surface area (Å²) in [5, 5.41) is 10.9. The van der Waals surface area contributed by atoms with E-state index in [1.165, 1.54) is 12.7 Å². The average molecular weight is 329 g/mol. The molecule has 0 unspecified atom stereocenters. The second-order valence-corrected chi connectivity index (χ2v) is 6.04. The van der Waals surface area contributed by atoms with Gasteiger partial charge in [0.25, 0.3) is 0 Å². The lowest BCUT2D eigenvalue weighted by Crippen LogP contribution is -2.02. The number of ether oxygens (including phenoxy) is 1. The van der Waals surface area contributed by atoms with E-state index in [9.17, 15) is 5.11 Å². The Bertz CT molecular complexity index is 842. The lowest BCUT2D eigenvalue weighted by molar-refractivity contribution is 0.373. The van der Waals surface area contributed by atoms with Crippen LogP contribution in [0.25, 0.3) is 22.3 Å². The molecule has 0 aliphatic carbocycles. The Morgan fingerprint density at radius 2 is 2.04 bits per heavy atom. The molecule has 0 spiro atoms. The van der Waals surface area contributed by atoms with Crippen LogP contribution in [0.15, 0.2) is 45.7 Å². The van der Waals surface area contributed by atoms with Gasteiger partial charge in [-0.3, -0.25) is 0 Å². The first-order valence-electron chi connectivity index (χ1n) is 7.34. The van der Waals surface area contributed by atoms with Gasteiger partial charge in [0.05, 0.1) is 12.0 Å². The van der Waals surface area contributed by atoms with Crippen LogP contribution in [0.3, 0.4) is 0 Å². The number of aromatic hydroxyl groups is 1. The first-order valence-corrected chi connectivity index (χ1v) is 8.57. The highest BCUT2D eigenvalue weighted by atomic mass is 32.2. The van der Waals surface area contributed by atoms with Gasteiger partial charge in [0, 0.05) is 10.9 Å². The Morgan fingerprint density at radius 1 is 1.22 bits per heavy atom. The highest BCUT2D eigenvalue weighted by molar-refractivity contribution is 7.99. The van der Waals surface area contributed by atoms with Crippen molar-refractivity contribution < 1.29 is 14.3 Å². The minimum Gasteiger partial charge on any atom is -0.504 e. The number of hydrogen-bond acceptors (Lipinski definition) is 5. The summed E-state index contributed by atoms with van der Waals surface area (Å²) in [6.45, 7) is 0.625. The summed E-state index contributed by atoms with van der Waals surface area (Å²) < 4.78 is 11.3. The smallest absolute Gasteiger partial charge is 0.161 e. The number of fused-ring (bicyclic) bond motifs is 1. The third kappa shape index (κ3) is 2.90. The maximum Gasteiger partial charge on any atom is 0.161 e. The van der Waals surface area contributed by atoms with E-state index in [2.05, 4.69) is 6.07 Å². The Labute approximate surface area is 139 Å². The molecule has 1 heterocycles. The predicted octanol–water partition coefficient (Wildman–Crippen LogP) is 4.04. The molecule has 0 amide bonds. The highest BCUT2D eigenvalue weighted by Gasteiger charge is 2.17.